The third-order valence-electron chi connectivity index (χ3n) is 2.93. The highest BCUT2D eigenvalue weighted by molar-refractivity contribution is 5.06. The van der Waals surface area contributed by atoms with Crippen molar-refractivity contribution in [3.8, 4) is 0 Å². The highest BCUT2D eigenvalue weighted by Crippen LogP contribution is 2.08. The van der Waals surface area contributed by atoms with Crippen molar-refractivity contribution in [3.63, 3.8) is 0 Å². The van der Waals surface area contributed by atoms with E-state index in [1.54, 1.807) is 0 Å². The lowest BCUT2D eigenvalue weighted by molar-refractivity contribution is 0.340. The Kier molecular flexibility index (Phi) is 5.00. The molecule has 0 spiro atoms. The second kappa shape index (κ2) is 6.04. The molecule has 1 aromatic rings. The van der Waals surface area contributed by atoms with Gasteiger partial charge in [0, 0.05) is 11.7 Å². The summed E-state index contributed by atoms with van der Waals surface area (Å²) in [5, 5.41) is 8.11. The van der Waals surface area contributed by atoms with Crippen LogP contribution in [0.1, 0.15) is 38.6 Å². The summed E-state index contributed by atoms with van der Waals surface area (Å²) in [5.41, 5.74) is 2.36. The van der Waals surface area contributed by atoms with Gasteiger partial charge in [-0.2, -0.15) is 5.10 Å². The van der Waals surface area contributed by atoms with Gasteiger partial charge >= 0.3 is 0 Å². The van der Waals surface area contributed by atoms with E-state index in [9.17, 15) is 0 Å². The Morgan fingerprint density at radius 1 is 1.38 bits per heavy atom. The molecule has 1 heterocycles. The lowest BCUT2D eigenvalue weighted by Crippen LogP contribution is -2.38. The normalized spacial score (nSPS) is 13.4. The predicted octanol–water partition coefficient (Wildman–Crippen LogP) is 2.52. The van der Waals surface area contributed by atoms with E-state index in [1.807, 2.05) is 6.92 Å². The fraction of sp³-hybridized carbons (Fsp3) is 0.769. The fourth-order valence-electron chi connectivity index (χ4n) is 1.89. The smallest absolute Gasteiger partial charge is 0.0596 e. The highest BCUT2D eigenvalue weighted by Gasteiger charge is 2.14. The summed E-state index contributed by atoms with van der Waals surface area (Å²) in [6.45, 7) is 13.0. The van der Waals surface area contributed by atoms with Crippen LogP contribution in [0.3, 0.4) is 0 Å². The number of hydrogen-bond donors (Lipinski definition) is 1. The fourth-order valence-corrected chi connectivity index (χ4v) is 1.89. The molecule has 0 bridgehead atoms. The molecule has 0 fully saturated rings. The molecule has 0 aliphatic heterocycles. The molecule has 0 radical (unpaired) electrons. The molecule has 1 rings (SSSR count). The van der Waals surface area contributed by atoms with Gasteiger partial charge in [0.1, 0.15) is 0 Å². The molecule has 0 aliphatic rings. The van der Waals surface area contributed by atoms with Gasteiger partial charge in [-0.25, -0.2) is 0 Å². The van der Waals surface area contributed by atoms with Crippen LogP contribution in [0.2, 0.25) is 0 Å². The van der Waals surface area contributed by atoms with Crippen LogP contribution >= 0.6 is 0 Å². The molecule has 16 heavy (non-hydrogen) atoms. The van der Waals surface area contributed by atoms with Gasteiger partial charge < -0.3 is 5.32 Å². The molecule has 0 aliphatic carbocycles. The van der Waals surface area contributed by atoms with Crippen molar-refractivity contribution >= 4 is 0 Å². The average Bonchev–Trinajstić information content (AvgIpc) is 2.51. The quantitative estimate of drug-likeness (QED) is 0.803. The molecular weight excluding hydrogens is 198 g/mol. The summed E-state index contributed by atoms with van der Waals surface area (Å²) in [4.78, 5) is 0. The third-order valence-corrected chi connectivity index (χ3v) is 2.93. The summed E-state index contributed by atoms with van der Waals surface area (Å²) >= 11 is 0. The Balaban J connectivity index is 2.64. The summed E-state index contributed by atoms with van der Waals surface area (Å²) < 4.78 is 2.11. The van der Waals surface area contributed by atoms with Crippen LogP contribution < -0.4 is 5.32 Å². The molecule has 0 aromatic carbocycles. The minimum absolute atomic E-state index is 0.512. The van der Waals surface area contributed by atoms with E-state index < -0.39 is 0 Å². The molecule has 0 saturated carbocycles. The van der Waals surface area contributed by atoms with Crippen LogP contribution in [0.25, 0.3) is 0 Å². The van der Waals surface area contributed by atoms with E-state index in [1.165, 1.54) is 12.1 Å². The minimum Gasteiger partial charge on any atom is -0.312 e. The number of aromatic nitrogens is 2. The van der Waals surface area contributed by atoms with Crippen molar-refractivity contribution in [1.82, 2.24) is 15.1 Å². The van der Waals surface area contributed by atoms with Gasteiger partial charge in [-0.05, 0) is 38.8 Å². The first-order chi connectivity index (χ1) is 7.54. The molecule has 3 heteroatoms. The first-order valence-electron chi connectivity index (χ1n) is 6.29. The molecule has 0 saturated heterocycles. The number of hydrogen-bond acceptors (Lipinski definition) is 2. The van der Waals surface area contributed by atoms with Gasteiger partial charge in [0.2, 0.25) is 0 Å². The van der Waals surface area contributed by atoms with E-state index in [-0.39, 0.29) is 0 Å². The maximum atomic E-state index is 4.52. The maximum absolute atomic E-state index is 4.52. The van der Waals surface area contributed by atoms with Crippen LogP contribution in [0.15, 0.2) is 6.07 Å². The second-order valence-corrected chi connectivity index (χ2v) is 4.91. The SMILES string of the molecule is CCCNC(Cn1nc(C)cc1C)C(C)C. The number of nitrogens with one attached hydrogen (secondary N) is 1. The van der Waals surface area contributed by atoms with Crippen LogP contribution in [0, 0.1) is 19.8 Å². The van der Waals surface area contributed by atoms with Crippen molar-refractivity contribution in [2.24, 2.45) is 5.92 Å². The van der Waals surface area contributed by atoms with Crippen LogP contribution in [0.5, 0.6) is 0 Å². The Hall–Kier alpha value is -0.830. The van der Waals surface area contributed by atoms with Gasteiger partial charge in [0.15, 0.2) is 0 Å². The molecule has 1 unspecified atom stereocenters. The standard InChI is InChI=1S/C13H25N3/c1-6-7-14-13(10(2)3)9-16-12(5)8-11(4)15-16/h8,10,13-14H,6-7,9H2,1-5H3. The molecule has 1 aromatic heterocycles. The lowest BCUT2D eigenvalue weighted by Gasteiger charge is -2.22. The van der Waals surface area contributed by atoms with Gasteiger partial charge in [0.05, 0.1) is 12.2 Å². The van der Waals surface area contributed by atoms with Crippen molar-refractivity contribution < 1.29 is 0 Å². The zero-order chi connectivity index (χ0) is 12.1. The van der Waals surface area contributed by atoms with Crippen molar-refractivity contribution in [1.29, 1.82) is 0 Å². The maximum Gasteiger partial charge on any atom is 0.0596 e. The van der Waals surface area contributed by atoms with E-state index in [0.717, 1.165) is 18.8 Å². The Morgan fingerprint density at radius 3 is 2.50 bits per heavy atom. The summed E-state index contributed by atoms with van der Waals surface area (Å²) in [7, 11) is 0. The summed E-state index contributed by atoms with van der Waals surface area (Å²) in [5.74, 6) is 0.635. The van der Waals surface area contributed by atoms with E-state index in [0.29, 0.717) is 12.0 Å². The average molecular weight is 223 g/mol. The number of nitrogens with zero attached hydrogens (tertiary/aromatic N) is 2. The van der Waals surface area contributed by atoms with Crippen LogP contribution in [-0.4, -0.2) is 22.4 Å². The molecule has 1 atom stereocenters. The summed E-state index contributed by atoms with van der Waals surface area (Å²) in [6, 6.07) is 2.65. The molecule has 0 amide bonds. The number of rotatable bonds is 6. The lowest BCUT2D eigenvalue weighted by atomic mass is 10.0. The molecular formula is C13H25N3. The van der Waals surface area contributed by atoms with E-state index in [4.69, 9.17) is 0 Å². The van der Waals surface area contributed by atoms with Crippen LogP contribution in [-0.2, 0) is 6.54 Å². The van der Waals surface area contributed by atoms with Crippen LogP contribution in [0.4, 0.5) is 0 Å². The van der Waals surface area contributed by atoms with Crippen molar-refractivity contribution in [3.05, 3.63) is 17.5 Å². The minimum atomic E-state index is 0.512. The Morgan fingerprint density at radius 2 is 2.06 bits per heavy atom. The Labute approximate surface area is 99.2 Å². The summed E-state index contributed by atoms with van der Waals surface area (Å²) in [6.07, 6.45) is 1.18. The first-order valence-corrected chi connectivity index (χ1v) is 6.29. The Bertz CT molecular complexity index is 315. The van der Waals surface area contributed by atoms with Gasteiger partial charge in [-0.15, -0.1) is 0 Å². The van der Waals surface area contributed by atoms with E-state index >= 15 is 0 Å². The molecule has 92 valence electrons. The molecule has 3 nitrogen and oxygen atoms in total. The topological polar surface area (TPSA) is 29.9 Å². The predicted molar refractivity (Wildman–Crippen MR) is 68.6 cm³/mol. The second-order valence-electron chi connectivity index (χ2n) is 4.91. The van der Waals surface area contributed by atoms with Crippen molar-refractivity contribution in [2.45, 2.75) is 53.6 Å². The van der Waals surface area contributed by atoms with E-state index in [2.05, 4.69) is 48.9 Å². The van der Waals surface area contributed by atoms with Gasteiger partial charge in [0.25, 0.3) is 0 Å². The van der Waals surface area contributed by atoms with Gasteiger partial charge in [-0.1, -0.05) is 20.8 Å². The monoisotopic (exact) mass is 223 g/mol. The van der Waals surface area contributed by atoms with Gasteiger partial charge in [-0.3, -0.25) is 4.68 Å². The zero-order valence-corrected chi connectivity index (χ0v) is 11.2. The third kappa shape index (κ3) is 3.63. The number of aryl methyl sites for hydroxylation is 2. The first kappa shape index (κ1) is 13.2. The largest absolute Gasteiger partial charge is 0.312 e. The highest BCUT2D eigenvalue weighted by atomic mass is 15.3. The zero-order valence-electron chi connectivity index (χ0n) is 11.2. The molecule has 1 N–H and O–H groups in total. The van der Waals surface area contributed by atoms with Crippen molar-refractivity contribution in [2.75, 3.05) is 6.54 Å².